The summed E-state index contributed by atoms with van der Waals surface area (Å²) in [6.07, 6.45) is 2.83. The molecule has 1 unspecified atom stereocenters. The molecule has 0 radical (unpaired) electrons. The molecular weight excluding hydrogens is 354 g/mol. The van der Waals surface area contributed by atoms with Crippen molar-refractivity contribution >= 4 is 5.96 Å². The van der Waals surface area contributed by atoms with Gasteiger partial charge in [-0.3, -0.25) is 4.99 Å². The summed E-state index contributed by atoms with van der Waals surface area (Å²) in [6, 6.07) is 8.40. The first kappa shape index (κ1) is 20.2. The van der Waals surface area contributed by atoms with Crippen molar-refractivity contribution in [1.82, 2.24) is 20.4 Å². The molecule has 2 aromatic rings. The molecule has 1 fully saturated rings. The first-order chi connectivity index (χ1) is 13.6. The van der Waals surface area contributed by atoms with Crippen LogP contribution < -0.4 is 10.1 Å². The van der Waals surface area contributed by atoms with Crippen LogP contribution in [-0.4, -0.2) is 54.8 Å². The molecule has 3 rings (SSSR count). The predicted molar refractivity (Wildman–Crippen MR) is 110 cm³/mol. The number of aliphatic imine (C=N–C) groups is 1. The highest BCUT2D eigenvalue weighted by atomic mass is 16.5. The number of aromatic nitrogens is 2. The van der Waals surface area contributed by atoms with Crippen LogP contribution in [0.2, 0.25) is 0 Å². The van der Waals surface area contributed by atoms with Crippen molar-refractivity contribution in [3.63, 3.8) is 0 Å². The first-order valence-corrected chi connectivity index (χ1v) is 10.0. The van der Waals surface area contributed by atoms with Gasteiger partial charge in [0.25, 0.3) is 0 Å². The lowest BCUT2D eigenvalue weighted by Gasteiger charge is -2.21. The molecule has 0 saturated carbocycles. The average Bonchev–Trinajstić information content (AvgIpc) is 3.38. The van der Waals surface area contributed by atoms with Gasteiger partial charge in [0, 0.05) is 44.9 Å². The third-order valence-corrected chi connectivity index (χ3v) is 5.14. The minimum absolute atomic E-state index is 0.295. The zero-order valence-corrected chi connectivity index (χ0v) is 17.3. The van der Waals surface area contributed by atoms with Crippen molar-refractivity contribution in [2.24, 2.45) is 4.99 Å². The largest absolute Gasteiger partial charge is 0.497 e. The molecule has 1 aliphatic rings. The Labute approximate surface area is 167 Å². The summed E-state index contributed by atoms with van der Waals surface area (Å²) in [5.74, 6) is 4.17. The molecule has 1 aromatic carbocycles. The fraction of sp³-hybridized carbons (Fsp3) is 0.571. The Morgan fingerprint density at radius 3 is 2.79 bits per heavy atom. The molecule has 1 N–H and O–H groups in total. The second-order valence-electron chi connectivity index (χ2n) is 7.48. The maximum atomic E-state index is 5.30. The molecular formula is C21H31N5O2. The van der Waals surface area contributed by atoms with Gasteiger partial charge in [-0.1, -0.05) is 31.1 Å². The van der Waals surface area contributed by atoms with Crippen molar-refractivity contribution < 1.29 is 9.26 Å². The number of nitrogens with one attached hydrogen (secondary N) is 1. The Morgan fingerprint density at radius 2 is 2.14 bits per heavy atom. The van der Waals surface area contributed by atoms with E-state index in [-0.39, 0.29) is 0 Å². The number of likely N-dealkylation sites (tertiary alicyclic amines) is 1. The summed E-state index contributed by atoms with van der Waals surface area (Å²) in [5, 5.41) is 7.48. The first-order valence-electron chi connectivity index (χ1n) is 10.0. The van der Waals surface area contributed by atoms with Crippen LogP contribution >= 0.6 is 0 Å². The lowest BCUT2D eigenvalue weighted by atomic mass is 9.98. The van der Waals surface area contributed by atoms with Crippen molar-refractivity contribution in [2.45, 2.75) is 44.9 Å². The quantitative estimate of drug-likeness (QED) is 0.448. The Balaban J connectivity index is 1.44. The second-order valence-corrected chi connectivity index (χ2v) is 7.48. The molecule has 152 valence electrons. The molecule has 2 heterocycles. The summed E-state index contributed by atoms with van der Waals surface area (Å²) in [6.45, 7) is 6.95. The lowest BCUT2D eigenvalue weighted by Crippen LogP contribution is -2.40. The lowest BCUT2D eigenvalue weighted by molar-refractivity contribution is 0.368. The highest BCUT2D eigenvalue weighted by Crippen LogP contribution is 2.28. The highest BCUT2D eigenvalue weighted by Gasteiger charge is 2.26. The molecule has 28 heavy (non-hydrogen) atoms. The Bertz CT molecular complexity index is 769. The maximum absolute atomic E-state index is 5.30. The number of hydrogen-bond acceptors (Lipinski definition) is 5. The van der Waals surface area contributed by atoms with E-state index >= 15 is 0 Å². The zero-order chi connectivity index (χ0) is 19.9. The van der Waals surface area contributed by atoms with E-state index in [1.165, 1.54) is 5.56 Å². The zero-order valence-electron chi connectivity index (χ0n) is 17.3. The number of benzene rings is 1. The van der Waals surface area contributed by atoms with Crippen LogP contribution in [0.15, 0.2) is 33.8 Å². The molecule has 1 saturated heterocycles. The molecule has 7 nitrogen and oxygen atoms in total. The normalized spacial score (nSPS) is 17.4. The van der Waals surface area contributed by atoms with Gasteiger partial charge in [0.05, 0.1) is 7.11 Å². The van der Waals surface area contributed by atoms with E-state index in [9.17, 15) is 0 Å². The SMILES string of the molecule is CN=C(NCCCc1nc(C(C)C)no1)N1CCC(c2ccc(OC)cc2)C1. The summed E-state index contributed by atoms with van der Waals surface area (Å²) in [5.41, 5.74) is 1.36. The van der Waals surface area contributed by atoms with Gasteiger partial charge in [-0.25, -0.2) is 0 Å². The number of hydrogen-bond donors (Lipinski definition) is 1. The standard InChI is InChI=1S/C21H31N5O2/c1-15(2)20-24-19(28-25-20)6-5-12-23-21(22-3)26-13-11-17(14-26)16-7-9-18(27-4)10-8-16/h7-10,15,17H,5-6,11-14H2,1-4H3,(H,22,23). The summed E-state index contributed by atoms with van der Waals surface area (Å²) in [7, 11) is 3.54. The van der Waals surface area contributed by atoms with E-state index in [1.807, 2.05) is 19.2 Å². The Hall–Kier alpha value is -2.57. The summed E-state index contributed by atoms with van der Waals surface area (Å²) < 4.78 is 10.6. The van der Waals surface area contributed by atoms with Gasteiger partial charge in [-0.05, 0) is 30.5 Å². The molecule has 1 aromatic heterocycles. The van der Waals surface area contributed by atoms with Gasteiger partial charge in [0.2, 0.25) is 5.89 Å². The number of aryl methyl sites for hydroxylation is 1. The predicted octanol–water partition coefficient (Wildman–Crippen LogP) is 3.20. The third-order valence-electron chi connectivity index (χ3n) is 5.14. The van der Waals surface area contributed by atoms with Crippen LogP contribution in [0.4, 0.5) is 0 Å². The van der Waals surface area contributed by atoms with Crippen LogP contribution in [0.5, 0.6) is 5.75 Å². The van der Waals surface area contributed by atoms with Gasteiger partial charge in [0.15, 0.2) is 11.8 Å². The minimum atomic E-state index is 0.295. The number of methoxy groups -OCH3 is 1. The molecule has 0 spiro atoms. The van der Waals surface area contributed by atoms with E-state index in [2.05, 4.69) is 51.3 Å². The van der Waals surface area contributed by atoms with E-state index < -0.39 is 0 Å². The fourth-order valence-corrected chi connectivity index (χ4v) is 3.48. The van der Waals surface area contributed by atoms with Gasteiger partial charge < -0.3 is 19.5 Å². The average molecular weight is 386 g/mol. The number of rotatable bonds is 7. The van der Waals surface area contributed by atoms with Crippen molar-refractivity contribution in [2.75, 3.05) is 33.8 Å². The molecule has 1 atom stereocenters. The molecule has 1 aliphatic heterocycles. The molecule has 7 heteroatoms. The number of guanidine groups is 1. The number of nitrogens with zero attached hydrogens (tertiary/aromatic N) is 4. The van der Waals surface area contributed by atoms with Crippen LogP contribution in [0.25, 0.3) is 0 Å². The maximum Gasteiger partial charge on any atom is 0.226 e. The third kappa shape index (κ3) is 5.03. The van der Waals surface area contributed by atoms with Gasteiger partial charge in [-0.2, -0.15) is 4.98 Å². The van der Waals surface area contributed by atoms with Crippen LogP contribution in [0.3, 0.4) is 0 Å². The Morgan fingerprint density at radius 1 is 1.36 bits per heavy atom. The van der Waals surface area contributed by atoms with Crippen LogP contribution in [-0.2, 0) is 6.42 Å². The Kier molecular flexibility index (Phi) is 6.90. The smallest absolute Gasteiger partial charge is 0.226 e. The van der Waals surface area contributed by atoms with Crippen molar-refractivity contribution in [3.8, 4) is 5.75 Å². The van der Waals surface area contributed by atoms with Gasteiger partial charge in [-0.15, -0.1) is 0 Å². The summed E-state index contributed by atoms with van der Waals surface area (Å²) in [4.78, 5) is 11.2. The van der Waals surface area contributed by atoms with Gasteiger partial charge >= 0.3 is 0 Å². The van der Waals surface area contributed by atoms with Crippen LogP contribution in [0, 0.1) is 0 Å². The monoisotopic (exact) mass is 385 g/mol. The second kappa shape index (κ2) is 9.57. The van der Waals surface area contributed by atoms with Crippen molar-refractivity contribution in [1.29, 1.82) is 0 Å². The van der Waals surface area contributed by atoms with E-state index in [1.54, 1.807) is 7.11 Å². The topological polar surface area (TPSA) is 75.8 Å². The number of ether oxygens (including phenoxy) is 1. The van der Waals surface area contributed by atoms with Crippen LogP contribution in [0.1, 0.15) is 55.8 Å². The molecule has 0 amide bonds. The molecule has 0 bridgehead atoms. The summed E-state index contributed by atoms with van der Waals surface area (Å²) >= 11 is 0. The van der Waals surface area contributed by atoms with Crippen molar-refractivity contribution in [3.05, 3.63) is 41.5 Å². The highest BCUT2D eigenvalue weighted by molar-refractivity contribution is 5.80. The van der Waals surface area contributed by atoms with E-state index in [0.29, 0.717) is 17.7 Å². The minimum Gasteiger partial charge on any atom is -0.497 e. The fourth-order valence-electron chi connectivity index (χ4n) is 3.48. The van der Waals surface area contributed by atoms with Gasteiger partial charge in [0.1, 0.15) is 5.75 Å². The van der Waals surface area contributed by atoms with E-state index in [0.717, 1.165) is 56.4 Å². The van der Waals surface area contributed by atoms with E-state index in [4.69, 9.17) is 9.26 Å². The molecule has 0 aliphatic carbocycles.